The van der Waals surface area contributed by atoms with Gasteiger partial charge >= 0.3 is 0 Å². The van der Waals surface area contributed by atoms with Gasteiger partial charge < -0.3 is 0 Å². The summed E-state index contributed by atoms with van der Waals surface area (Å²) in [6.07, 6.45) is 0. The monoisotopic (exact) mass is 213 g/mol. The van der Waals surface area contributed by atoms with E-state index in [1.165, 1.54) is 0 Å². The predicted octanol–water partition coefficient (Wildman–Crippen LogP) is 2.08. The van der Waals surface area contributed by atoms with Crippen molar-refractivity contribution in [2.45, 2.75) is 0 Å². The highest BCUT2D eigenvalue weighted by Crippen LogP contribution is 2.29. The van der Waals surface area contributed by atoms with Crippen molar-refractivity contribution < 1.29 is 9.59 Å². The summed E-state index contributed by atoms with van der Waals surface area (Å²) < 4.78 is 0.937. The third-order valence-electron chi connectivity index (χ3n) is 1.83. The molecule has 13 heavy (non-hydrogen) atoms. The van der Waals surface area contributed by atoms with Gasteiger partial charge in [0.1, 0.15) is 0 Å². The van der Waals surface area contributed by atoms with Crippen LogP contribution in [0.3, 0.4) is 0 Å². The number of hydrogen-bond donors (Lipinski definition) is 0. The first-order valence-electron chi connectivity index (χ1n) is 3.52. The molecule has 0 saturated heterocycles. The second-order valence-electron chi connectivity index (χ2n) is 2.52. The summed E-state index contributed by atoms with van der Waals surface area (Å²) in [5, 5.41) is 0. The molecule has 0 fully saturated rings. The van der Waals surface area contributed by atoms with Crippen LogP contribution in [0.25, 0.3) is 0 Å². The van der Waals surface area contributed by atoms with Crippen LogP contribution in [0.2, 0.25) is 0 Å². The summed E-state index contributed by atoms with van der Waals surface area (Å²) in [5.41, 5.74) is 0.835. The third-order valence-corrected chi connectivity index (χ3v) is 2.71. The minimum atomic E-state index is -0.347. The largest absolute Gasteiger partial charge is 0.272 e. The van der Waals surface area contributed by atoms with Crippen LogP contribution < -0.4 is 0 Å². The van der Waals surface area contributed by atoms with Gasteiger partial charge in [-0.25, -0.2) is 0 Å². The minimum absolute atomic E-state index is 0.347. The smallest absolute Gasteiger partial charge is 0.268 e. The zero-order chi connectivity index (χ0) is 9.42. The lowest BCUT2D eigenvalue weighted by atomic mass is 10.1. The average Bonchev–Trinajstić information content (AvgIpc) is 2.41. The predicted molar refractivity (Wildman–Crippen MR) is 50.4 cm³/mol. The van der Waals surface area contributed by atoms with E-state index < -0.39 is 0 Å². The van der Waals surface area contributed by atoms with Crippen molar-refractivity contribution in [2.75, 3.05) is 0 Å². The van der Waals surface area contributed by atoms with E-state index in [1.807, 2.05) is 0 Å². The molecule has 66 valence electrons. The zero-order valence-electron chi connectivity index (χ0n) is 6.36. The van der Waals surface area contributed by atoms with Crippen molar-refractivity contribution in [3.63, 3.8) is 0 Å². The summed E-state index contributed by atoms with van der Waals surface area (Å²) in [4.78, 5) is 22.9. The minimum Gasteiger partial charge on any atom is -0.268 e. The molecule has 0 atom stereocenters. The van der Waals surface area contributed by atoms with Gasteiger partial charge in [0.05, 0.1) is 22.3 Å². The Hall–Kier alpha value is -1.00. The Morgan fingerprint density at radius 1 is 1.08 bits per heavy atom. The molecule has 1 aromatic carbocycles. The van der Waals surface area contributed by atoms with E-state index in [0.29, 0.717) is 22.3 Å². The van der Waals surface area contributed by atoms with Crippen molar-refractivity contribution >= 4 is 33.7 Å². The Morgan fingerprint density at radius 2 is 1.54 bits per heavy atom. The number of carbonyl (C=O) groups excluding carboxylic acids is 2. The molecule has 0 bridgehead atoms. The van der Waals surface area contributed by atoms with E-state index in [-0.39, 0.29) is 11.8 Å². The molecule has 0 aromatic heterocycles. The molecule has 0 aliphatic carbocycles. The van der Waals surface area contributed by atoms with Crippen molar-refractivity contribution in [3.05, 3.63) is 35.4 Å². The van der Waals surface area contributed by atoms with Crippen LogP contribution in [0.5, 0.6) is 0 Å². The van der Waals surface area contributed by atoms with Crippen LogP contribution in [-0.4, -0.2) is 16.1 Å². The number of fused-ring (bicyclic) bond motifs is 1. The molecular formula is C8H4ClNO2S. The molecule has 1 aliphatic heterocycles. The summed E-state index contributed by atoms with van der Waals surface area (Å²) in [6, 6.07) is 6.66. The van der Waals surface area contributed by atoms with Gasteiger partial charge in [0.25, 0.3) is 11.8 Å². The van der Waals surface area contributed by atoms with Gasteiger partial charge in [-0.05, 0) is 22.8 Å². The van der Waals surface area contributed by atoms with Crippen LogP contribution in [0.15, 0.2) is 24.3 Å². The van der Waals surface area contributed by atoms with Crippen molar-refractivity contribution in [1.82, 2.24) is 4.31 Å². The van der Waals surface area contributed by atoms with Crippen LogP contribution in [-0.2, 0) is 0 Å². The highest BCUT2D eigenvalue weighted by molar-refractivity contribution is 8.20. The Kier molecular flexibility index (Phi) is 2.01. The Labute approximate surface area is 83.3 Å². The molecule has 1 aromatic rings. The van der Waals surface area contributed by atoms with Crippen molar-refractivity contribution in [1.29, 1.82) is 0 Å². The quantitative estimate of drug-likeness (QED) is 0.530. The van der Waals surface area contributed by atoms with Gasteiger partial charge in [0, 0.05) is 0 Å². The van der Waals surface area contributed by atoms with E-state index in [0.717, 1.165) is 4.31 Å². The van der Waals surface area contributed by atoms with Crippen LogP contribution in [0.1, 0.15) is 20.7 Å². The van der Waals surface area contributed by atoms with E-state index in [9.17, 15) is 9.59 Å². The Morgan fingerprint density at radius 3 is 1.92 bits per heavy atom. The zero-order valence-corrected chi connectivity index (χ0v) is 7.93. The average molecular weight is 214 g/mol. The fourth-order valence-electron chi connectivity index (χ4n) is 1.23. The second-order valence-corrected chi connectivity index (χ2v) is 3.44. The lowest BCUT2D eigenvalue weighted by Gasteiger charge is -2.04. The van der Waals surface area contributed by atoms with Gasteiger partial charge in [-0.1, -0.05) is 12.1 Å². The van der Waals surface area contributed by atoms with Gasteiger partial charge in [0.2, 0.25) is 0 Å². The van der Waals surface area contributed by atoms with Crippen LogP contribution >= 0.6 is 21.8 Å². The summed E-state index contributed by atoms with van der Waals surface area (Å²) >= 11 is 0.612. The number of benzene rings is 1. The first-order valence-corrected chi connectivity index (χ1v) is 5.12. The maximum absolute atomic E-state index is 11.4. The van der Waals surface area contributed by atoms with Crippen molar-refractivity contribution in [2.24, 2.45) is 0 Å². The number of nitrogens with zero attached hydrogens (tertiary/aromatic N) is 1. The summed E-state index contributed by atoms with van der Waals surface area (Å²) in [6.45, 7) is 0. The van der Waals surface area contributed by atoms with Crippen molar-refractivity contribution in [3.8, 4) is 0 Å². The molecule has 0 unspecified atom stereocenters. The maximum Gasteiger partial charge on any atom is 0.272 e. The number of halogens is 1. The van der Waals surface area contributed by atoms with E-state index in [4.69, 9.17) is 10.7 Å². The molecule has 2 rings (SSSR count). The molecule has 1 aliphatic rings. The first kappa shape index (κ1) is 8.59. The molecule has 0 radical (unpaired) electrons. The highest BCUT2D eigenvalue weighted by atomic mass is 35.7. The third kappa shape index (κ3) is 1.14. The number of carbonyl (C=O) groups is 2. The summed E-state index contributed by atoms with van der Waals surface area (Å²) in [7, 11) is 5.39. The Balaban J connectivity index is 2.57. The summed E-state index contributed by atoms with van der Waals surface area (Å²) in [5.74, 6) is -0.693. The molecule has 0 spiro atoms. The number of hydrogen-bond acceptors (Lipinski definition) is 3. The SMILES string of the molecule is O=C1c2ccccc2C(=O)N1SCl. The van der Waals surface area contributed by atoms with Gasteiger partial charge in [-0.3, -0.25) is 9.59 Å². The Bertz CT molecular complexity index is 358. The molecule has 0 saturated carbocycles. The van der Waals surface area contributed by atoms with E-state index in [1.54, 1.807) is 24.3 Å². The van der Waals surface area contributed by atoms with Crippen LogP contribution in [0.4, 0.5) is 0 Å². The standard InChI is InChI=1S/C8H4ClNO2S/c9-13-10-7(11)5-3-1-2-4-6(5)8(10)12/h1-4H. The number of imide groups is 1. The molecule has 5 heteroatoms. The van der Waals surface area contributed by atoms with E-state index >= 15 is 0 Å². The molecule has 3 nitrogen and oxygen atoms in total. The maximum atomic E-state index is 11.4. The normalized spacial score (nSPS) is 15.0. The lowest BCUT2D eigenvalue weighted by Crippen LogP contribution is -2.20. The van der Waals surface area contributed by atoms with Gasteiger partial charge in [0.15, 0.2) is 0 Å². The second kappa shape index (κ2) is 3.05. The molecule has 1 heterocycles. The van der Waals surface area contributed by atoms with E-state index in [2.05, 4.69) is 0 Å². The fourth-order valence-corrected chi connectivity index (χ4v) is 1.93. The number of amides is 2. The lowest BCUT2D eigenvalue weighted by molar-refractivity contribution is 0.0778. The highest BCUT2D eigenvalue weighted by Gasteiger charge is 2.35. The first-order chi connectivity index (χ1) is 6.25. The topological polar surface area (TPSA) is 37.4 Å². The van der Waals surface area contributed by atoms with Gasteiger partial charge in [-0.15, -0.1) is 0 Å². The van der Waals surface area contributed by atoms with Gasteiger partial charge in [-0.2, -0.15) is 4.31 Å². The fraction of sp³-hybridized carbons (Fsp3) is 0. The number of rotatable bonds is 1. The van der Waals surface area contributed by atoms with Crippen LogP contribution in [0, 0.1) is 0 Å². The molecular weight excluding hydrogens is 210 g/mol. The molecule has 0 N–H and O–H groups in total. The molecule has 2 amide bonds.